The van der Waals surface area contributed by atoms with Crippen LogP contribution in [0.5, 0.6) is 5.75 Å². The van der Waals surface area contributed by atoms with E-state index in [-0.39, 0.29) is 11.3 Å². The summed E-state index contributed by atoms with van der Waals surface area (Å²) in [4.78, 5) is 11.7. The largest absolute Gasteiger partial charge is 0.496 e. The molecule has 1 unspecified atom stereocenters. The van der Waals surface area contributed by atoms with Gasteiger partial charge in [0, 0.05) is 11.0 Å². The van der Waals surface area contributed by atoms with Gasteiger partial charge in [-0.3, -0.25) is 4.79 Å². The van der Waals surface area contributed by atoms with Gasteiger partial charge in [-0.15, -0.1) is 0 Å². The number of rotatable bonds is 2. The van der Waals surface area contributed by atoms with E-state index in [1.54, 1.807) is 7.11 Å². The van der Waals surface area contributed by atoms with Crippen molar-refractivity contribution in [1.29, 1.82) is 0 Å². The third-order valence-corrected chi connectivity index (χ3v) is 4.99. The number of methoxy groups -OCH3 is 1. The first-order valence-corrected chi connectivity index (χ1v) is 7.08. The Hall–Kier alpha value is -1.51. The Labute approximate surface area is 113 Å². The van der Waals surface area contributed by atoms with Crippen LogP contribution in [0.25, 0.3) is 0 Å². The lowest BCUT2D eigenvalue weighted by Gasteiger charge is -2.41. The molecule has 1 spiro atoms. The number of fused-ring (bicyclic) bond motifs is 2. The van der Waals surface area contributed by atoms with Gasteiger partial charge in [-0.2, -0.15) is 0 Å². The Balaban J connectivity index is 2.19. The summed E-state index contributed by atoms with van der Waals surface area (Å²) < 4.78 is 5.53. The second-order valence-corrected chi connectivity index (χ2v) is 5.79. The van der Waals surface area contributed by atoms with Crippen LogP contribution in [-0.2, 0) is 16.6 Å². The highest BCUT2D eigenvalue weighted by molar-refractivity contribution is 5.74. The Morgan fingerprint density at radius 1 is 1.37 bits per heavy atom. The summed E-state index contributed by atoms with van der Waals surface area (Å²) in [5.74, 6) is -0.0115. The third kappa shape index (κ3) is 1.75. The van der Waals surface area contributed by atoms with Gasteiger partial charge < -0.3 is 9.84 Å². The predicted molar refractivity (Wildman–Crippen MR) is 72.6 cm³/mol. The molecule has 0 saturated heterocycles. The first-order chi connectivity index (χ1) is 9.19. The lowest BCUT2D eigenvalue weighted by molar-refractivity contribution is -0.145. The molecule has 2 aliphatic rings. The maximum absolute atomic E-state index is 11.7. The average molecular weight is 260 g/mol. The quantitative estimate of drug-likeness (QED) is 0.888. The van der Waals surface area contributed by atoms with Gasteiger partial charge in [-0.1, -0.05) is 25.0 Å². The fraction of sp³-hybridized carbons (Fsp3) is 0.562. The van der Waals surface area contributed by atoms with E-state index in [1.807, 2.05) is 12.1 Å². The zero-order valence-corrected chi connectivity index (χ0v) is 11.3. The van der Waals surface area contributed by atoms with Gasteiger partial charge in [0.2, 0.25) is 0 Å². The average Bonchev–Trinajstić information content (AvgIpc) is 2.88. The van der Waals surface area contributed by atoms with E-state index < -0.39 is 5.97 Å². The highest BCUT2D eigenvalue weighted by Crippen LogP contribution is 2.54. The van der Waals surface area contributed by atoms with Crippen molar-refractivity contribution in [2.45, 2.75) is 43.9 Å². The fourth-order valence-corrected chi connectivity index (χ4v) is 4.23. The molecule has 0 radical (unpaired) electrons. The van der Waals surface area contributed by atoms with Gasteiger partial charge in [0.05, 0.1) is 13.0 Å². The molecule has 19 heavy (non-hydrogen) atoms. The summed E-state index contributed by atoms with van der Waals surface area (Å²) in [5.41, 5.74) is 2.29. The summed E-state index contributed by atoms with van der Waals surface area (Å²) in [6.07, 6.45) is 5.83. The second kappa shape index (κ2) is 4.55. The van der Waals surface area contributed by atoms with Crippen molar-refractivity contribution in [1.82, 2.24) is 0 Å². The molecule has 1 fully saturated rings. The molecule has 0 aliphatic heterocycles. The molecular formula is C16H20O3. The molecular weight excluding hydrogens is 240 g/mol. The number of benzene rings is 1. The molecule has 0 amide bonds. The Morgan fingerprint density at radius 3 is 2.74 bits per heavy atom. The molecule has 0 aromatic heterocycles. The van der Waals surface area contributed by atoms with Gasteiger partial charge >= 0.3 is 5.97 Å². The van der Waals surface area contributed by atoms with E-state index in [4.69, 9.17) is 4.74 Å². The van der Waals surface area contributed by atoms with E-state index in [1.165, 1.54) is 11.1 Å². The highest BCUT2D eigenvalue weighted by atomic mass is 16.5. The van der Waals surface area contributed by atoms with Crippen LogP contribution in [0.4, 0.5) is 0 Å². The van der Waals surface area contributed by atoms with Crippen LogP contribution in [0.3, 0.4) is 0 Å². The molecule has 2 aliphatic carbocycles. The van der Waals surface area contributed by atoms with E-state index in [9.17, 15) is 9.90 Å². The van der Waals surface area contributed by atoms with E-state index in [0.717, 1.165) is 44.3 Å². The molecule has 1 aromatic rings. The van der Waals surface area contributed by atoms with Crippen molar-refractivity contribution in [2.75, 3.05) is 7.11 Å². The monoisotopic (exact) mass is 260 g/mol. The molecule has 3 rings (SSSR count). The molecule has 1 atom stereocenters. The summed E-state index contributed by atoms with van der Waals surface area (Å²) in [5, 5.41) is 9.61. The number of carboxylic acids is 1. The molecule has 0 heterocycles. The molecule has 0 bridgehead atoms. The van der Waals surface area contributed by atoms with Gasteiger partial charge in [0.25, 0.3) is 0 Å². The maximum Gasteiger partial charge on any atom is 0.307 e. The molecule has 102 valence electrons. The van der Waals surface area contributed by atoms with Crippen LogP contribution in [0, 0.1) is 5.92 Å². The molecule has 1 saturated carbocycles. The fourth-order valence-electron chi connectivity index (χ4n) is 4.23. The SMILES string of the molecule is COc1cccc2c1C1(CCCC1)C(C(=O)O)CC2. The Bertz CT molecular complexity index is 486. The standard InChI is InChI=1S/C16H20O3/c1-19-13-6-4-5-11-7-8-12(15(17)18)16(14(11)13)9-2-3-10-16/h4-6,12H,2-3,7-10H2,1H3,(H,17,18). The molecule has 3 heteroatoms. The molecule has 1 aromatic carbocycles. The van der Waals surface area contributed by atoms with Crippen LogP contribution < -0.4 is 4.74 Å². The van der Waals surface area contributed by atoms with E-state index in [0.29, 0.717) is 0 Å². The summed E-state index contributed by atoms with van der Waals surface area (Å²) in [6, 6.07) is 6.13. The van der Waals surface area contributed by atoms with Gasteiger partial charge in [-0.05, 0) is 37.3 Å². The number of hydrogen-bond acceptors (Lipinski definition) is 2. The number of carboxylic acid groups (broad SMARTS) is 1. The van der Waals surface area contributed by atoms with Crippen LogP contribution in [0.2, 0.25) is 0 Å². The van der Waals surface area contributed by atoms with Crippen LogP contribution in [0.1, 0.15) is 43.2 Å². The van der Waals surface area contributed by atoms with Crippen LogP contribution in [-0.4, -0.2) is 18.2 Å². The minimum absolute atomic E-state index is 0.188. The zero-order valence-electron chi connectivity index (χ0n) is 11.3. The van der Waals surface area contributed by atoms with E-state index in [2.05, 4.69) is 6.07 Å². The van der Waals surface area contributed by atoms with E-state index >= 15 is 0 Å². The second-order valence-electron chi connectivity index (χ2n) is 5.79. The molecule has 1 N–H and O–H groups in total. The van der Waals surface area contributed by atoms with Gasteiger partial charge in [0.15, 0.2) is 0 Å². The normalized spacial score (nSPS) is 24.2. The van der Waals surface area contributed by atoms with Gasteiger partial charge in [0.1, 0.15) is 5.75 Å². The summed E-state index contributed by atoms with van der Waals surface area (Å²) >= 11 is 0. The van der Waals surface area contributed by atoms with Crippen molar-refractivity contribution >= 4 is 5.97 Å². The topological polar surface area (TPSA) is 46.5 Å². The lowest BCUT2D eigenvalue weighted by atomic mass is 9.62. The van der Waals surface area contributed by atoms with Crippen molar-refractivity contribution < 1.29 is 14.6 Å². The van der Waals surface area contributed by atoms with Crippen molar-refractivity contribution in [2.24, 2.45) is 5.92 Å². The molecule has 3 nitrogen and oxygen atoms in total. The lowest BCUT2D eigenvalue weighted by Crippen LogP contribution is -2.42. The minimum atomic E-state index is -0.640. The predicted octanol–water partition coefficient (Wildman–Crippen LogP) is 3.15. The number of aryl methyl sites for hydroxylation is 1. The smallest absolute Gasteiger partial charge is 0.307 e. The number of carbonyl (C=O) groups is 1. The number of aliphatic carboxylic acids is 1. The van der Waals surface area contributed by atoms with Crippen molar-refractivity contribution in [3.8, 4) is 5.75 Å². The Morgan fingerprint density at radius 2 is 2.11 bits per heavy atom. The highest BCUT2D eigenvalue weighted by Gasteiger charge is 2.50. The first kappa shape index (κ1) is 12.5. The minimum Gasteiger partial charge on any atom is -0.496 e. The zero-order chi connectivity index (χ0) is 13.5. The maximum atomic E-state index is 11.7. The third-order valence-electron chi connectivity index (χ3n) is 4.99. The first-order valence-electron chi connectivity index (χ1n) is 7.08. The number of ether oxygens (including phenoxy) is 1. The van der Waals surface area contributed by atoms with Crippen LogP contribution >= 0.6 is 0 Å². The van der Waals surface area contributed by atoms with Gasteiger partial charge in [-0.25, -0.2) is 0 Å². The Kier molecular flexibility index (Phi) is 3.00. The summed E-state index contributed by atoms with van der Waals surface area (Å²) in [6.45, 7) is 0. The number of hydrogen-bond donors (Lipinski definition) is 1. The van der Waals surface area contributed by atoms with Crippen molar-refractivity contribution in [3.05, 3.63) is 29.3 Å². The van der Waals surface area contributed by atoms with Crippen LogP contribution in [0.15, 0.2) is 18.2 Å². The summed E-state index contributed by atoms with van der Waals surface area (Å²) in [7, 11) is 1.68. The van der Waals surface area contributed by atoms with Crippen molar-refractivity contribution in [3.63, 3.8) is 0 Å².